The van der Waals surface area contributed by atoms with E-state index in [1.54, 1.807) is 11.1 Å². The van der Waals surface area contributed by atoms with Crippen molar-refractivity contribution in [3.63, 3.8) is 0 Å². The number of hydrogen-bond donors (Lipinski definition) is 1. The Morgan fingerprint density at radius 1 is 1.03 bits per heavy atom. The van der Waals surface area contributed by atoms with Gasteiger partial charge < -0.3 is 15.5 Å². The van der Waals surface area contributed by atoms with Gasteiger partial charge in [0.15, 0.2) is 5.52 Å². The van der Waals surface area contributed by atoms with Gasteiger partial charge in [0.1, 0.15) is 5.82 Å². The minimum absolute atomic E-state index is 0.443. The number of amides is 2. The molecule has 34 heavy (non-hydrogen) atoms. The maximum Gasteiger partial charge on any atom is 0.319 e. The summed E-state index contributed by atoms with van der Waals surface area (Å²) in [4.78, 5) is 18.5. The van der Waals surface area contributed by atoms with Crippen molar-refractivity contribution in [2.24, 2.45) is 5.73 Å². The minimum atomic E-state index is -0.443. The molecule has 2 N–H and O–H groups in total. The molecule has 0 saturated carbocycles. The highest BCUT2D eigenvalue weighted by Crippen LogP contribution is 2.25. The van der Waals surface area contributed by atoms with E-state index in [4.69, 9.17) is 10.7 Å². The Labute approximate surface area is 200 Å². The van der Waals surface area contributed by atoms with Gasteiger partial charge in [-0.2, -0.15) is 4.73 Å². The Kier molecular flexibility index (Phi) is 7.62. The number of pyridine rings is 1. The van der Waals surface area contributed by atoms with Gasteiger partial charge in [-0.25, -0.2) is 9.78 Å². The third kappa shape index (κ3) is 5.14. The van der Waals surface area contributed by atoms with E-state index in [2.05, 4.69) is 11.5 Å². The van der Waals surface area contributed by atoms with Crippen molar-refractivity contribution in [1.82, 2.24) is 9.55 Å². The summed E-state index contributed by atoms with van der Waals surface area (Å²) in [5, 5.41) is 13.5. The van der Waals surface area contributed by atoms with E-state index in [0.29, 0.717) is 12.1 Å². The van der Waals surface area contributed by atoms with Crippen LogP contribution in [0.1, 0.15) is 51.3 Å². The zero-order valence-corrected chi connectivity index (χ0v) is 19.8. The summed E-state index contributed by atoms with van der Waals surface area (Å²) in [7, 11) is 0. The second kappa shape index (κ2) is 11.0. The molecular weight excluding hydrogens is 426 g/mol. The van der Waals surface area contributed by atoms with Gasteiger partial charge in [0.05, 0.1) is 10.9 Å². The third-order valence-electron chi connectivity index (χ3n) is 6.31. The molecule has 2 aromatic heterocycles. The van der Waals surface area contributed by atoms with Gasteiger partial charge in [0.2, 0.25) is 11.7 Å². The van der Waals surface area contributed by atoms with Crippen LogP contribution in [0.3, 0.4) is 0 Å². The van der Waals surface area contributed by atoms with Crippen LogP contribution in [-0.2, 0) is 13.0 Å². The summed E-state index contributed by atoms with van der Waals surface area (Å²) in [6.45, 7) is 3.53. The van der Waals surface area contributed by atoms with Crippen molar-refractivity contribution in [1.29, 1.82) is 0 Å². The SMILES string of the molecule is CCCCCCc1nc2c[n+]([O-])c3ccccc3c2n1CCCCN(C(N)=O)c1ccccc1. The summed E-state index contributed by atoms with van der Waals surface area (Å²) in [5.41, 5.74) is 8.86. The maximum atomic E-state index is 12.6. The molecule has 0 unspecified atom stereocenters. The molecule has 0 saturated heterocycles. The van der Waals surface area contributed by atoms with E-state index in [-0.39, 0.29) is 0 Å². The van der Waals surface area contributed by atoms with Crippen LogP contribution < -0.4 is 15.4 Å². The highest BCUT2D eigenvalue weighted by molar-refractivity contribution is 6.00. The van der Waals surface area contributed by atoms with Crippen LogP contribution in [0, 0.1) is 5.21 Å². The second-order valence-corrected chi connectivity index (χ2v) is 8.73. The number of urea groups is 1. The summed E-state index contributed by atoms with van der Waals surface area (Å²) in [6.07, 6.45) is 8.81. The quantitative estimate of drug-likeness (QED) is 0.187. The van der Waals surface area contributed by atoms with Crippen LogP contribution in [0.25, 0.3) is 21.9 Å². The zero-order chi connectivity index (χ0) is 23.9. The smallest absolute Gasteiger partial charge is 0.319 e. The highest BCUT2D eigenvalue weighted by atomic mass is 16.5. The Morgan fingerprint density at radius 3 is 2.56 bits per heavy atom. The summed E-state index contributed by atoms with van der Waals surface area (Å²) >= 11 is 0. The van der Waals surface area contributed by atoms with E-state index >= 15 is 0 Å². The van der Waals surface area contributed by atoms with Crippen molar-refractivity contribution in [2.75, 3.05) is 11.4 Å². The molecule has 2 aromatic carbocycles. The van der Waals surface area contributed by atoms with Crippen LogP contribution in [0.2, 0.25) is 0 Å². The largest absolute Gasteiger partial charge is 0.618 e. The van der Waals surface area contributed by atoms with Crippen LogP contribution in [0.5, 0.6) is 0 Å². The number of unbranched alkanes of at least 4 members (excludes halogenated alkanes) is 4. The molecule has 4 rings (SSSR count). The zero-order valence-electron chi connectivity index (χ0n) is 19.8. The fraction of sp³-hybridized carbons (Fsp3) is 0.370. The number of carbonyl (C=O) groups excluding carboxylic acids is 1. The number of fused-ring (bicyclic) bond motifs is 3. The number of benzene rings is 2. The van der Waals surface area contributed by atoms with Crippen molar-refractivity contribution < 1.29 is 9.52 Å². The third-order valence-corrected chi connectivity index (χ3v) is 6.31. The molecule has 2 heterocycles. The molecule has 7 heteroatoms. The number of para-hydroxylation sites is 2. The van der Waals surface area contributed by atoms with Crippen molar-refractivity contribution in [3.8, 4) is 0 Å². The molecule has 0 radical (unpaired) electrons. The molecule has 2 amide bonds. The van der Waals surface area contributed by atoms with Gasteiger partial charge in [0, 0.05) is 31.3 Å². The van der Waals surface area contributed by atoms with Crippen molar-refractivity contribution in [2.45, 2.75) is 58.4 Å². The number of carbonyl (C=O) groups is 1. The Morgan fingerprint density at radius 2 is 1.79 bits per heavy atom. The van der Waals surface area contributed by atoms with E-state index in [9.17, 15) is 10.0 Å². The number of primary amides is 1. The Bertz CT molecular complexity index is 1250. The van der Waals surface area contributed by atoms with E-state index in [1.807, 2.05) is 54.6 Å². The van der Waals surface area contributed by atoms with Crippen molar-refractivity contribution >= 4 is 33.7 Å². The number of anilines is 1. The first-order valence-corrected chi connectivity index (χ1v) is 12.2. The first kappa shape index (κ1) is 23.5. The molecule has 7 nitrogen and oxygen atoms in total. The second-order valence-electron chi connectivity index (χ2n) is 8.73. The number of nitrogens with two attached hydrogens (primary N) is 1. The van der Waals surface area contributed by atoms with Gasteiger partial charge >= 0.3 is 6.03 Å². The fourth-order valence-electron chi connectivity index (χ4n) is 4.60. The number of imidazole rings is 1. The first-order chi connectivity index (χ1) is 16.6. The molecule has 0 atom stereocenters. The average molecular weight is 460 g/mol. The van der Waals surface area contributed by atoms with Gasteiger partial charge in [-0.05, 0) is 37.5 Å². The number of aryl methyl sites for hydroxylation is 2. The predicted molar refractivity (Wildman–Crippen MR) is 137 cm³/mol. The lowest BCUT2D eigenvalue weighted by atomic mass is 10.1. The fourth-order valence-corrected chi connectivity index (χ4v) is 4.60. The molecule has 4 aromatic rings. The summed E-state index contributed by atoms with van der Waals surface area (Å²) < 4.78 is 3.20. The van der Waals surface area contributed by atoms with Crippen LogP contribution in [0.4, 0.5) is 10.5 Å². The number of aromatic nitrogens is 3. The lowest BCUT2D eigenvalue weighted by molar-refractivity contribution is -0.575. The molecule has 0 spiro atoms. The molecule has 0 aliphatic rings. The number of hydrogen-bond acceptors (Lipinski definition) is 3. The lowest BCUT2D eigenvalue weighted by Crippen LogP contribution is -2.36. The highest BCUT2D eigenvalue weighted by Gasteiger charge is 2.18. The normalized spacial score (nSPS) is 11.3. The number of nitrogens with zero attached hydrogens (tertiary/aromatic N) is 4. The van der Waals surface area contributed by atoms with Crippen LogP contribution >= 0.6 is 0 Å². The topological polar surface area (TPSA) is 91.1 Å². The van der Waals surface area contributed by atoms with Gasteiger partial charge in [0.25, 0.3) is 0 Å². The molecule has 0 bridgehead atoms. The van der Waals surface area contributed by atoms with Gasteiger partial charge in [-0.15, -0.1) is 0 Å². The molecule has 0 aliphatic carbocycles. The van der Waals surface area contributed by atoms with Gasteiger partial charge in [-0.3, -0.25) is 4.90 Å². The Balaban J connectivity index is 1.57. The van der Waals surface area contributed by atoms with E-state index in [0.717, 1.165) is 64.9 Å². The van der Waals surface area contributed by atoms with Crippen molar-refractivity contribution in [3.05, 3.63) is 71.8 Å². The molecular formula is C27H33N5O2. The molecule has 178 valence electrons. The molecule has 0 aliphatic heterocycles. The lowest BCUT2D eigenvalue weighted by Gasteiger charge is -2.20. The average Bonchev–Trinajstić information content (AvgIpc) is 3.19. The van der Waals surface area contributed by atoms with Crippen LogP contribution in [0.15, 0.2) is 60.8 Å². The van der Waals surface area contributed by atoms with Gasteiger partial charge in [-0.1, -0.05) is 56.5 Å². The molecule has 0 fully saturated rings. The first-order valence-electron chi connectivity index (χ1n) is 12.2. The van der Waals surface area contributed by atoms with E-state index in [1.165, 1.54) is 19.3 Å². The van der Waals surface area contributed by atoms with Crippen LogP contribution in [-0.4, -0.2) is 22.1 Å². The monoisotopic (exact) mass is 459 g/mol. The maximum absolute atomic E-state index is 12.6. The summed E-state index contributed by atoms with van der Waals surface area (Å²) in [5.74, 6) is 1.03. The standard InChI is InChI=1S/C27H33N5O2/c1-2-3-4-8-17-25-29-23-20-32(34)24-16-10-9-15-22(24)26(23)31(25)19-12-11-18-30(27(28)33)21-13-6-5-7-14-21/h5-7,9-10,13-16,20H,2-4,8,11-12,17-19H2,1H3,(H2,28,33). The summed E-state index contributed by atoms with van der Waals surface area (Å²) in [6, 6.07) is 16.8. The minimum Gasteiger partial charge on any atom is -0.618 e. The predicted octanol–water partition coefficient (Wildman–Crippen LogP) is 5.31. The van der Waals surface area contributed by atoms with E-state index < -0.39 is 6.03 Å². The number of rotatable bonds is 11. The Hall–Kier alpha value is -3.61.